The summed E-state index contributed by atoms with van der Waals surface area (Å²) in [5, 5.41) is 11.0. The molecule has 0 unspecified atom stereocenters. The van der Waals surface area contributed by atoms with Gasteiger partial charge in [0.05, 0.1) is 12.8 Å². The van der Waals surface area contributed by atoms with Gasteiger partial charge in [-0.05, 0) is 6.54 Å². The van der Waals surface area contributed by atoms with Crippen LogP contribution in [0.4, 0.5) is 6.01 Å². The fourth-order valence-corrected chi connectivity index (χ4v) is 2.71. The van der Waals surface area contributed by atoms with Crippen LogP contribution in [0.25, 0.3) is 0 Å². The van der Waals surface area contributed by atoms with Gasteiger partial charge in [-0.15, -0.1) is 5.10 Å². The second kappa shape index (κ2) is 5.85. The average molecular weight is 289 g/mol. The lowest BCUT2D eigenvalue weighted by Gasteiger charge is -2.31. The van der Waals surface area contributed by atoms with Crippen molar-refractivity contribution >= 4 is 16.0 Å². The first kappa shape index (κ1) is 14.2. The molecule has 0 spiro atoms. The van der Waals surface area contributed by atoms with Crippen molar-refractivity contribution in [2.24, 2.45) is 0 Å². The Kier molecular flexibility index (Phi) is 4.38. The van der Waals surface area contributed by atoms with Gasteiger partial charge in [0.25, 0.3) is 0 Å². The molecule has 1 fully saturated rings. The summed E-state index contributed by atoms with van der Waals surface area (Å²) in [5.41, 5.74) is 0. The summed E-state index contributed by atoms with van der Waals surface area (Å²) in [7, 11) is -3.11. The molecule has 1 aliphatic heterocycles. The highest BCUT2D eigenvalue weighted by Gasteiger charge is 2.25. The Morgan fingerprint density at radius 1 is 1.26 bits per heavy atom. The molecule has 108 valence electrons. The van der Waals surface area contributed by atoms with Gasteiger partial charge in [0, 0.05) is 26.2 Å². The Bertz CT molecular complexity index is 507. The van der Waals surface area contributed by atoms with Crippen molar-refractivity contribution in [1.82, 2.24) is 19.8 Å². The summed E-state index contributed by atoms with van der Waals surface area (Å²) in [4.78, 5) is 1.91. The number of aromatic nitrogens is 2. The number of nitrogens with zero attached hydrogens (tertiary/aromatic N) is 4. The van der Waals surface area contributed by atoms with E-state index in [1.807, 2.05) is 11.8 Å². The van der Waals surface area contributed by atoms with E-state index in [0.717, 1.165) is 6.54 Å². The molecule has 8 nitrogen and oxygen atoms in total. The lowest BCUT2D eigenvalue weighted by Crippen LogP contribution is -2.48. The fourth-order valence-electron chi connectivity index (χ4n) is 1.89. The molecular formula is C10H19N5O3S. The third kappa shape index (κ3) is 3.64. The molecule has 1 aromatic rings. The highest BCUT2D eigenvalue weighted by atomic mass is 32.2. The summed E-state index contributed by atoms with van der Waals surface area (Å²) in [5.74, 6) is 0.544. The predicted octanol–water partition coefficient (Wildman–Crippen LogP) is -0.739. The topological polar surface area (TPSA) is 91.6 Å². The fraction of sp³-hybridized carbons (Fsp3) is 0.800. The van der Waals surface area contributed by atoms with E-state index in [9.17, 15) is 8.42 Å². The maximum atomic E-state index is 11.4. The molecule has 0 saturated carbocycles. The second-order valence-electron chi connectivity index (χ2n) is 4.41. The molecule has 1 saturated heterocycles. The van der Waals surface area contributed by atoms with Crippen LogP contribution in [0.2, 0.25) is 0 Å². The molecule has 0 aromatic carbocycles. The Labute approximate surface area is 112 Å². The zero-order valence-electron chi connectivity index (χ0n) is 11.2. The van der Waals surface area contributed by atoms with Gasteiger partial charge in [0.2, 0.25) is 15.9 Å². The van der Waals surface area contributed by atoms with Crippen molar-refractivity contribution in [2.45, 2.75) is 13.5 Å². The zero-order chi connectivity index (χ0) is 13.9. The summed E-state index contributed by atoms with van der Waals surface area (Å²) in [6, 6.07) is 0.459. The van der Waals surface area contributed by atoms with Gasteiger partial charge in [-0.1, -0.05) is 12.0 Å². The van der Waals surface area contributed by atoms with Crippen LogP contribution in [0.1, 0.15) is 12.8 Å². The Balaban J connectivity index is 1.92. The highest BCUT2D eigenvalue weighted by Crippen LogP contribution is 2.15. The van der Waals surface area contributed by atoms with Crippen molar-refractivity contribution in [2.75, 3.05) is 43.9 Å². The van der Waals surface area contributed by atoms with E-state index >= 15 is 0 Å². The number of hydrogen-bond donors (Lipinski definition) is 1. The Morgan fingerprint density at radius 2 is 1.95 bits per heavy atom. The van der Waals surface area contributed by atoms with Crippen LogP contribution in [0.5, 0.6) is 0 Å². The van der Waals surface area contributed by atoms with Crippen molar-refractivity contribution in [3.8, 4) is 0 Å². The molecule has 0 amide bonds. The van der Waals surface area contributed by atoms with Crippen LogP contribution in [-0.2, 0) is 16.6 Å². The van der Waals surface area contributed by atoms with Crippen molar-refractivity contribution in [3.63, 3.8) is 0 Å². The molecule has 0 bridgehead atoms. The molecular weight excluding hydrogens is 270 g/mol. The summed E-state index contributed by atoms with van der Waals surface area (Å²) < 4.78 is 29.8. The number of hydrogen-bond acceptors (Lipinski definition) is 7. The molecule has 2 rings (SSSR count). The molecule has 0 atom stereocenters. The van der Waals surface area contributed by atoms with E-state index in [0.29, 0.717) is 44.6 Å². The van der Waals surface area contributed by atoms with Crippen LogP contribution in [-0.4, -0.2) is 61.9 Å². The summed E-state index contributed by atoms with van der Waals surface area (Å²) in [6.07, 6.45) is 1.23. The minimum atomic E-state index is -3.11. The first-order valence-corrected chi connectivity index (χ1v) is 8.08. The molecule has 2 heterocycles. The van der Waals surface area contributed by atoms with Gasteiger partial charge < -0.3 is 14.6 Å². The van der Waals surface area contributed by atoms with Gasteiger partial charge >= 0.3 is 6.01 Å². The Hall–Kier alpha value is -1.19. The number of sulfonamides is 1. The normalized spacial score (nSPS) is 17.9. The molecule has 0 radical (unpaired) electrons. The van der Waals surface area contributed by atoms with Crippen LogP contribution in [0.15, 0.2) is 4.42 Å². The quantitative estimate of drug-likeness (QED) is 0.763. The molecule has 1 aromatic heterocycles. The first-order valence-electron chi connectivity index (χ1n) is 6.24. The highest BCUT2D eigenvalue weighted by molar-refractivity contribution is 7.88. The lowest BCUT2D eigenvalue weighted by molar-refractivity contribution is 0.370. The molecule has 1 aliphatic rings. The van der Waals surface area contributed by atoms with Crippen LogP contribution in [0.3, 0.4) is 0 Å². The van der Waals surface area contributed by atoms with Crippen molar-refractivity contribution < 1.29 is 12.8 Å². The maximum Gasteiger partial charge on any atom is 0.318 e. The average Bonchev–Trinajstić information content (AvgIpc) is 2.84. The monoisotopic (exact) mass is 289 g/mol. The van der Waals surface area contributed by atoms with Crippen LogP contribution >= 0.6 is 0 Å². The summed E-state index contributed by atoms with van der Waals surface area (Å²) >= 11 is 0. The zero-order valence-corrected chi connectivity index (χ0v) is 12.0. The minimum absolute atomic E-state index is 0.448. The number of rotatable bonds is 5. The lowest BCUT2D eigenvalue weighted by atomic mass is 10.4. The number of anilines is 1. The van der Waals surface area contributed by atoms with E-state index in [4.69, 9.17) is 4.42 Å². The van der Waals surface area contributed by atoms with E-state index in [1.165, 1.54) is 10.6 Å². The van der Waals surface area contributed by atoms with Gasteiger partial charge in [-0.25, -0.2) is 8.42 Å². The van der Waals surface area contributed by atoms with Gasteiger partial charge in [-0.2, -0.15) is 4.31 Å². The smallest absolute Gasteiger partial charge is 0.318 e. The van der Waals surface area contributed by atoms with Gasteiger partial charge in [0.15, 0.2) is 0 Å². The molecule has 9 heteroatoms. The maximum absolute atomic E-state index is 11.4. The number of piperazine rings is 1. The predicted molar refractivity (Wildman–Crippen MR) is 70.3 cm³/mol. The number of nitrogens with one attached hydrogen (secondary N) is 1. The van der Waals surface area contributed by atoms with E-state index in [1.54, 1.807) is 0 Å². The van der Waals surface area contributed by atoms with Crippen LogP contribution in [0, 0.1) is 0 Å². The van der Waals surface area contributed by atoms with Gasteiger partial charge in [-0.3, -0.25) is 0 Å². The second-order valence-corrected chi connectivity index (χ2v) is 6.39. The van der Waals surface area contributed by atoms with E-state index < -0.39 is 10.0 Å². The van der Waals surface area contributed by atoms with Crippen LogP contribution < -0.4 is 10.2 Å². The first-order chi connectivity index (χ1) is 9.00. The third-order valence-electron chi connectivity index (χ3n) is 2.96. The summed E-state index contributed by atoms with van der Waals surface area (Å²) in [6.45, 7) is 5.42. The van der Waals surface area contributed by atoms with Gasteiger partial charge in [0.1, 0.15) is 0 Å². The molecule has 0 aliphatic carbocycles. The minimum Gasteiger partial charge on any atom is -0.407 e. The third-order valence-corrected chi connectivity index (χ3v) is 4.26. The van der Waals surface area contributed by atoms with Crippen molar-refractivity contribution in [1.29, 1.82) is 0 Å². The molecule has 19 heavy (non-hydrogen) atoms. The SMILES string of the molecule is CCNCc1nnc(N2CCN(S(C)(=O)=O)CC2)o1. The van der Waals surface area contributed by atoms with Crippen molar-refractivity contribution in [3.05, 3.63) is 5.89 Å². The van der Waals surface area contributed by atoms with E-state index in [-0.39, 0.29) is 0 Å². The van der Waals surface area contributed by atoms with E-state index in [2.05, 4.69) is 15.5 Å². The standard InChI is InChI=1S/C10H19N5O3S/c1-3-11-8-9-12-13-10(18-9)14-4-6-15(7-5-14)19(2,16)17/h11H,3-8H2,1-2H3. The molecule has 1 N–H and O–H groups in total. The largest absolute Gasteiger partial charge is 0.407 e. The Morgan fingerprint density at radius 3 is 2.53 bits per heavy atom.